The van der Waals surface area contributed by atoms with Crippen LogP contribution < -0.4 is 0 Å². The van der Waals surface area contributed by atoms with Gasteiger partial charge in [0.1, 0.15) is 23.2 Å². The van der Waals surface area contributed by atoms with Crippen LogP contribution in [0.25, 0.3) is 17.4 Å². The topological polar surface area (TPSA) is 101 Å². The molecule has 1 aliphatic rings. The molecule has 0 fully saturated rings. The molecule has 0 bridgehead atoms. The Labute approximate surface area is 186 Å². The molecule has 1 aromatic heterocycles. The number of hydrogen-bond acceptors (Lipinski definition) is 6. The van der Waals surface area contributed by atoms with Crippen molar-refractivity contribution in [1.82, 2.24) is 4.90 Å². The first-order valence-electron chi connectivity index (χ1n) is 10.4. The van der Waals surface area contributed by atoms with Crippen molar-refractivity contribution in [2.75, 3.05) is 6.61 Å². The van der Waals surface area contributed by atoms with E-state index in [0.29, 0.717) is 35.7 Å². The highest BCUT2D eigenvalue weighted by molar-refractivity contribution is 6.19. The van der Waals surface area contributed by atoms with E-state index in [0.717, 1.165) is 10.5 Å². The van der Waals surface area contributed by atoms with Crippen LogP contribution >= 0.6 is 0 Å². The molecule has 2 heterocycles. The molecule has 1 aliphatic heterocycles. The molecule has 2 aromatic rings. The Morgan fingerprint density at radius 2 is 1.84 bits per heavy atom. The number of ether oxygens (including phenoxy) is 1. The van der Waals surface area contributed by atoms with Gasteiger partial charge in [0.05, 0.1) is 12.2 Å². The number of imide groups is 1. The van der Waals surface area contributed by atoms with E-state index in [9.17, 15) is 19.6 Å². The van der Waals surface area contributed by atoms with Crippen LogP contribution in [0.15, 0.2) is 57.5 Å². The largest absolute Gasteiger partial charge is 0.462 e. The zero-order valence-corrected chi connectivity index (χ0v) is 18.5. The molecule has 7 heteroatoms. The monoisotopic (exact) mass is 432 g/mol. The number of nitriles is 1. The van der Waals surface area contributed by atoms with Gasteiger partial charge in [0, 0.05) is 17.2 Å². The number of carbonyl (C=O) groups excluding carboxylic acids is 3. The van der Waals surface area contributed by atoms with E-state index < -0.39 is 17.8 Å². The summed E-state index contributed by atoms with van der Waals surface area (Å²) in [6.07, 6.45) is 2.13. The lowest BCUT2D eigenvalue weighted by Gasteiger charge is -2.31. The first kappa shape index (κ1) is 22.8. The summed E-state index contributed by atoms with van der Waals surface area (Å²) in [6.45, 7) is 7.28. The van der Waals surface area contributed by atoms with E-state index in [2.05, 4.69) is 0 Å². The summed E-state index contributed by atoms with van der Waals surface area (Å²) in [4.78, 5) is 38.6. The Morgan fingerprint density at radius 3 is 2.44 bits per heavy atom. The highest BCUT2D eigenvalue weighted by Gasteiger charge is 2.37. The van der Waals surface area contributed by atoms with Crippen LogP contribution in [0.5, 0.6) is 0 Å². The van der Waals surface area contributed by atoms with Gasteiger partial charge in [-0.2, -0.15) is 5.26 Å². The Kier molecular flexibility index (Phi) is 6.74. The lowest BCUT2D eigenvalue weighted by atomic mass is 9.93. The molecule has 0 aliphatic carbocycles. The Bertz CT molecular complexity index is 1160. The summed E-state index contributed by atoms with van der Waals surface area (Å²) in [5.41, 5.74) is 1.73. The SMILES string of the molecule is CCOC(=O)c1ccc(-c2ccc(/C=C3/C(=O)N(C(C)CC)C(=O)C(C#N)=C3C)o2)cc1. The third-order valence-corrected chi connectivity index (χ3v) is 5.40. The summed E-state index contributed by atoms with van der Waals surface area (Å²) >= 11 is 0. The van der Waals surface area contributed by atoms with Crippen LogP contribution in [-0.2, 0) is 14.3 Å². The summed E-state index contributed by atoms with van der Waals surface area (Å²) in [7, 11) is 0. The summed E-state index contributed by atoms with van der Waals surface area (Å²) in [5, 5.41) is 9.47. The van der Waals surface area contributed by atoms with Gasteiger partial charge in [-0.25, -0.2) is 4.79 Å². The normalized spacial score (nSPS) is 16.3. The lowest BCUT2D eigenvalue weighted by molar-refractivity contribution is -0.142. The zero-order valence-electron chi connectivity index (χ0n) is 18.5. The van der Waals surface area contributed by atoms with E-state index in [-0.39, 0.29) is 17.2 Å². The predicted octanol–water partition coefficient (Wildman–Crippen LogP) is 4.51. The Morgan fingerprint density at radius 1 is 1.16 bits per heavy atom. The minimum Gasteiger partial charge on any atom is -0.462 e. The minimum atomic E-state index is -0.566. The van der Waals surface area contributed by atoms with Gasteiger partial charge in [-0.1, -0.05) is 19.1 Å². The Balaban J connectivity index is 1.94. The smallest absolute Gasteiger partial charge is 0.338 e. The molecule has 2 amide bonds. The highest BCUT2D eigenvalue weighted by Crippen LogP contribution is 2.30. The molecule has 3 rings (SSSR count). The molecule has 1 atom stereocenters. The average molecular weight is 432 g/mol. The fourth-order valence-electron chi connectivity index (χ4n) is 3.40. The van der Waals surface area contributed by atoms with Crippen molar-refractivity contribution in [3.8, 4) is 17.4 Å². The van der Waals surface area contributed by atoms with E-state index in [1.165, 1.54) is 0 Å². The van der Waals surface area contributed by atoms with E-state index in [1.54, 1.807) is 63.2 Å². The standard InChI is InChI=1S/C25H24N2O5/c1-5-15(3)27-23(28)20(16(4)21(14-26)24(27)29)13-19-11-12-22(32-19)17-7-9-18(10-8-17)25(30)31-6-2/h7-13,15H,5-6H2,1-4H3/b20-13+. The molecule has 32 heavy (non-hydrogen) atoms. The summed E-state index contributed by atoms with van der Waals surface area (Å²) < 4.78 is 10.9. The van der Waals surface area contributed by atoms with Crippen molar-refractivity contribution in [3.63, 3.8) is 0 Å². The van der Waals surface area contributed by atoms with Gasteiger partial charge in [-0.05, 0) is 63.1 Å². The average Bonchev–Trinajstić information content (AvgIpc) is 3.26. The number of benzene rings is 1. The third kappa shape index (κ3) is 4.26. The lowest BCUT2D eigenvalue weighted by Crippen LogP contribution is -2.47. The number of nitrogens with zero attached hydrogens (tertiary/aromatic N) is 2. The molecule has 0 saturated carbocycles. The van der Waals surface area contributed by atoms with Gasteiger partial charge in [-0.15, -0.1) is 0 Å². The molecule has 0 radical (unpaired) electrons. The van der Waals surface area contributed by atoms with Crippen LogP contribution in [0.4, 0.5) is 0 Å². The van der Waals surface area contributed by atoms with Crippen molar-refractivity contribution >= 4 is 23.9 Å². The highest BCUT2D eigenvalue weighted by atomic mass is 16.5. The molecular formula is C25H24N2O5. The maximum Gasteiger partial charge on any atom is 0.338 e. The summed E-state index contributed by atoms with van der Waals surface area (Å²) in [6, 6.07) is 11.9. The van der Waals surface area contributed by atoms with Gasteiger partial charge in [-0.3, -0.25) is 14.5 Å². The molecule has 0 N–H and O–H groups in total. The van der Waals surface area contributed by atoms with Crippen molar-refractivity contribution in [2.24, 2.45) is 0 Å². The third-order valence-electron chi connectivity index (χ3n) is 5.40. The van der Waals surface area contributed by atoms with Crippen molar-refractivity contribution < 1.29 is 23.5 Å². The minimum absolute atomic E-state index is 0.0440. The number of carbonyl (C=O) groups is 3. The van der Waals surface area contributed by atoms with Crippen molar-refractivity contribution in [2.45, 2.75) is 40.2 Å². The molecule has 164 valence electrons. The van der Waals surface area contributed by atoms with E-state index >= 15 is 0 Å². The van der Waals surface area contributed by atoms with Crippen molar-refractivity contribution in [1.29, 1.82) is 5.26 Å². The maximum absolute atomic E-state index is 13.1. The van der Waals surface area contributed by atoms with E-state index in [4.69, 9.17) is 9.15 Å². The first-order chi connectivity index (χ1) is 15.3. The van der Waals surface area contributed by atoms with Crippen LogP contribution in [0.2, 0.25) is 0 Å². The van der Waals surface area contributed by atoms with E-state index in [1.807, 2.05) is 13.0 Å². The maximum atomic E-state index is 13.1. The molecule has 7 nitrogen and oxygen atoms in total. The Hall–Kier alpha value is -3.92. The van der Waals surface area contributed by atoms with Gasteiger partial charge < -0.3 is 9.15 Å². The number of amides is 2. The molecule has 1 unspecified atom stereocenters. The molecule has 0 spiro atoms. The molecule has 1 aromatic carbocycles. The predicted molar refractivity (Wildman–Crippen MR) is 118 cm³/mol. The second-order valence-electron chi connectivity index (χ2n) is 7.41. The molecular weight excluding hydrogens is 408 g/mol. The van der Waals surface area contributed by atoms with Gasteiger partial charge in [0.15, 0.2) is 0 Å². The fraction of sp³-hybridized carbons (Fsp3) is 0.280. The fourth-order valence-corrected chi connectivity index (χ4v) is 3.40. The quantitative estimate of drug-likeness (QED) is 0.378. The first-order valence-corrected chi connectivity index (χ1v) is 10.4. The number of rotatable bonds is 6. The van der Waals surface area contributed by atoms with Crippen LogP contribution in [-0.4, -0.2) is 35.3 Å². The second-order valence-corrected chi connectivity index (χ2v) is 7.41. The van der Waals surface area contributed by atoms with Gasteiger partial charge in [0.25, 0.3) is 11.8 Å². The molecule has 0 saturated heterocycles. The second kappa shape index (κ2) is 9.48. The van der Waals surface area contributed by atoms with Crippen molar-refractivity contribution in [3.05, 3.63) is 64.4 Å². The van der Waals surface area contributed by atoms with Gasteiger partial charge >= 0.3 is 5.97 Å². The number of furan rings is 1. The van der Waals surface area contributed by atoms with Gasteiger partial charge in [0.2, 0.25) is 0 Å². The number of esters is 1. The van der Waals surface area contributed by atoms with Crippen LogP contribution in [0.3, 0.4) is 0 Å². The van der Waals surface area contributed by atoms with Crippen LogP contribution in [0, 0.1) is 11.3 Å². The zero-order chi connectivity index (χ0) is 23.4. The van der Waals surface area contributed by atoms with Crippen LogP contribution in [0.1, 0.15) is 50.2 Å². The number of hydrogen-bond donors (Lipinski definition) is 0. The summed E-state index contributed by atoms with van der Waals surface area (Å²) in [5.74, 6) is -0.447.